The smallest absolute Gasteiger partial charge is 0.271 e. The van der Waals surface area contributed by atoms with E-state index in [1.165, 1.54) is 58.3 Å². The predicted octanol–water partition coefficient (Wildman–Crippen LogP) is 2.58. The van der Waals surface area contributed by atoms with Gasteiger partial charge in [0, 0.05) is 35.2 Å². The zero-order chi connectivity index (χ0) is 23.0. The molecule has 1 aliphatic rings. The van der Waals surface area contributed by atoms with Gasteiger partial charge in [-0.3, -0.25) is 18.7 Å². The molecule has 0 spiro atoms. The number of thiazole rings is 1. The van der Waals surface area contributed by atoms with E-state index in [4.69, 9.17) is 9.47 Å². The van der Waals surface area contributed by atoms with Gasteiger partial charge in [0.05, 0.1) is 4.90 Å². The normalized spacial score (nSPS) is 13.0. The quantitative estimate of drug-likeness (QED) is 0.446. The molecule has 10 nitrogen and oxygen atoms in total. The molecule has 0 atom stereocenters. The van der Waals surface area contributed by atoms with Gasteiger partial charge in [0.25, 0.3) is 21.5 Å². The van der Waals surface area contributed by atoms with Crippen LogP contribution in [0.25, 0.3) is 4.96 Å². The number of sulfonamides is 1. The van der Waals surface area contributed by atoms with Crippen LogP contribution in [0.2, 0.25) is 0 Å². The third-order valence-electron chi connectivity index (χ3n) is 4.81. The van der Waals surface area contributed by atoms with Gasteiger partial charge in [-0.1, -0.05) is 0 Å². The molecule has 1 amide bonds. The third kappa shape index (κ3) is 4.13. The van der Waals surface area contributed by atoms with E-state index in [0.717, 1.165) is 0 Å². The first-order valence-electron chi connectivity index (χ1n) is 9.69. The number of ether oxygens (including phenoxy) is 2. The zero-order valence-electron chi connectivity index (χ0n) is 16.8. The van der Waals surface area contributed by atoms with Gasteiger partial charge in [0.1, 0.15) is 18.8 Å². The van der Waals surface area contributed by atoms with Gasteiger partial charge in [0.2, 0.25) is 0 Å². The third-order valence-corrected chi connectivity index (χ3v) is 6.96. The number of benzene rings is 2. The molecule has 0 aliphatic carbocycles. The summed E-state index contributed by atoms with van der Waals surface area (Å²) in [4.78, 5) is 29.6. The Bertz CT molecular complexity index is 1530. The molecule has 4 aromatic rings. The summed E-state index contributed by atoms with van der Waals surface area (Å²) in [6, 6.07) is 10.4. The van der Waals surface area contributed by atoms with Crippen LogP contribution < -0.4 is 25.1 Å². The summed E-state index contributed by atoms with van der Waals surface area (Å²) >= 11 is 1.29. The van der Waals surface area contributed by atoms with E-state index in [1.807, 2.05) is 0 Å². The van der Waals surface area contributed by atoms with Crippen molar-refractivity contribution in [2.24, 2.45) is 0 Å². The maximum atomic E-state index is 12.7. The molecule has 5 rings (SSSR count). The van der Waals surface area contributed by atoms with Gasteiger partial charge < -0.3 is 14.8 Å². The number of rotatable bonds is 5. The van der Waals surface area contributed by atoms with Crippen LogP contribution in [0.1, 0.15) is 10.4 Å². The second kappa shape index (κ2) is 8.22. The number of carbonyl (C=O) groups excluding carboxylic acids is 1. The Morgan fingerprint density at radius 3 is 2.55 bits per heavy atom. The highest BCUT2D eigenvalue weighted by atomic mass is 32.2. The lowest BCUT2D eigenvalue weighted by Crippen LogP contribution is -2.25. The van der Waals surface area contributed by atoms with E-state index in [2.05, 4.69) is 15.0 Å². The molecular weight excluding hydrogens is 468 g/mol. The van der Waals surface area contributed by atoms with Crippen molar-refractivity contribution >= 4 is 43.6 Å². The molecule has 1 aliphatic heterocycles. The number of nitrogens with one attached hydrogen (secondary N) is 2. The van der Waals surface area contributed by atoms with Gasteiger partial charge in [0.15, 0.2) is 16.5 Å². The SMILES string of the molecule is O=C(Nc1ccc(NS(=O)(=O)c2ccc3c(c2)OCCO3)cc1)c1cnc2sccn2c1=O. The molecule has 12 heteroatoms. The number of nitrogens with zero attached hydrogens (tertiary/aromatic N) is 2. The molecule has 33 heavy (non-hydrogen) atoms. The number of carbonyl (C=O) groups is 1. The van der Waals surface area contributed by atoms with Crippen LogP contribution in [-0.2, 0) is 10.0 Å². The maximum Gasteiger partial charge on any atom is 0.271 e. The van der Waals surface area contributed by atoms with E-state index in [1.54, 1.807) is 17.6 Å². The minimum Gasteiger partial charge on any atom is -0.486 e. The molecule has 2 aromatic heterocycles. The van der Waals surface area contributed by atoms with Gasteiger partial charge >= 0.3 is 0 Å². The number of hydrogen-bond acceptors (Lipinski definition) is 8. The van der Waals surface area contributed by atoms with Gasteiger partial charge in [-0.2, -0.15) is 0 Å². The first-order valence-corrected chi connectivity index (χ1v) is 12.1. The van der Waals surface area contributed by atoms with Crippen molar-refractivity contribution in [2.45, 2.75) is 4.90 Å². The number of fused-ring (bicyclic) bond motifs is 2. The minimum absolute atomic E-state index is 0.0286. The molecule has 0 saturated heterocycles. The molecule has 3 heterocycles. The summed E-state index contributed by atoms with van der Waals surface area (Å²) in [5.74, 6) is 0.249. The fraction of sp³-hybridized carbons (Fsp3) is 0.0952. The van der Waals surface area contributed by atoms with Crippen LogP contribution in [0.3, 0.4) is 0 Å². The van der Waals surface area contributed by atoms with Crippen molar-refractivity contribution in [3.63, 3.8) is 0 Å². The van der Waals surface area contributed by atoms with Crippen molar-refractivity contribution in [3.05, 3.63) is 76.2 Å². The molecule has 2 N–H and O–H groups in total. The number of anilines is 2. The molecule has 0 bridgehead atoms. The highest BCUT2D eigenvalue weighted by Gasteiger charge is 2.20. The van der Waals surface area contributed by atoms with Crippen LogP contribution in [0.15, 0.2) is 69.9 Å². The van der Waals surface area contributed by atoms with Crippen molar-refractivity contribution < 1.29 is 22.7 Å². The minimum atomic E-state index is -3.87. The van der Waals surface area contributed by atoms with Gasteiger partial charge in [-0.25, -0.2) is 13.4 Å². The Kier molecular flexibility index (Phi) is 5.23. The highest BCUT2D eigenvalue weighted by molar-refractivity contribution is 7.92. The van der Waals surface area contributed by atoms with E-state index in [9.17, 15) is 18.0 Å². The fourth-order valence-corrected chi connectivity index (χ4v) is 4.95. The Hall–Kier alpha value is -3.90. The van der Waals surface area contributed by atoms with Crippen molar-refractivity contribution in [2.75, 3.05) is 23.3 Å². The average Bonchev–Trinajstić information content (AvgIpc) is 3.30. The number of aromatic nitrogens is 2. The maximum absolute atomic E-state index is 12.7. The summed E-state index contributed by atoms with van der Waals surface area (Å²) < 4.78 is 40.1. The van der Waals surface area contributed by atoms with E-state index in [-0.39, 0.29) is 10.5 Å². The Morgan fingerprint density at radius 1 is 1.03 bits per heavy atom. The summed E-state index contributed by atoms with van der Waals surface area (Å²) in [5, 5.41) is 4.32. The Labute approximate surface area is 191 Å². The Morgan fingerprint density at radius 2 is 1.76 bits per heavy atom. The summed E-state index contributed by atoms with van der Waals surface area (Å²) in [6.45, 7) is 0.759. The summed E-state index contributed by atoms with van der Waals surface area (Å²) in [5.41, 5.74) is 0.109. The van der Waals surface area contributed by atoms with Crippen molar-refractivity contribution in [3.8, 4) is 11.5 Å². The van der Waals surface area contributed by atoms with Crippen LogP contribution in [0.5, 0.6) is 11.5 Å². The van der Waals surface area contributed by atoms with Gasteiger partial charge in [-0.05, 0) is 36.4 Å². The second-order valence-electron chi connectivity index (χ2n) is 6.98. The molecule has 0 radical (unpaired) electrons. The largest absolute Gasteiger partial charge is 0.486 e. The highest BCUT2D eigenvalue weighted by Crippen LogP contribution is 2.32. The van der Waals surface area contributed by atoms with Crippen molar-refractivity contribution in [1.29, 1.82) is 0 Å². The molecule has 0 saturated carbocycles. The van der Waals surface area contributed by atoms with Crippen LogP contribution >= 0.6 is 11.3 Å². The number of amides is 1. The molecule has 168 valence electrons. The van der Waals surface area contributed by atoms with E-state index >= 15 is 0 Å². The lowest BCUT2D eigenvalue weighted by Gasteiger charge is -2.19. The Balaban J connectivity index is 1.30. The van der Waals surface area contributed by atoms with Crippen LogP contribution in [0.4, 0.5) is 11.4 Å². The van der Waals surface area contributed by atoms with Crippen molar-refractivity contribution in [1.82, 2.24) is 9.38 Å². The fourth-order valence-electron chi connectivity index (χ4n) is 3.21. The lowest BCUT2D eigenvalue weighted by atomic mass is 10.2. The molecular formula is C21H16N4O6S2. The van der Waals surface area contributed by atoms with Gasteiger partial charge in [-0.15, -0.1) is 11.3 Å². The first-order chi connectivity index (χ1) is 15.9. The predicted molar refractivity (Wildman–Crippen MR) is 122 cm³/mol. The molecule has 2 aromatic carbocycles. The second-order valence-corrected chi connectivity index (χ2v) is 9.53. The van der Waals surface area contributed by atoms with E-state index in [0.29, 0.717) is 41.0 Å². The lowest BCUT2D eigenvalue weighted by molar-refractivity contribution is 0.102. The first kappa shape index (κ1) is 21.0. The van der Waals surface area contributed by atoms with E-state index < -0.39 is 21.5 Å². The summed E-state index contributed by atoms with van der Waals surface area (Å²) in [7, 11) is -3.87. The monoisotopic (exact) mass is 484 g/mol. The topological polar surface area (TPSA) is 128 Å². The molecule has 0 fully saturated rings. The summed E-state index contributed by atoms with van der Waals surface area (Å²) in [6.07, 6.45) is 2.79. The standard InChI is InChI=1S/C21H16N4O6S2/c26-19(16-12-22-21-25(20(16)27)7-10-32-21)23-13-1-3-14(4-2-13)24-33(28,29)15-5-6-17-18(11-15)31-9-8-30-17/h1-7,10-12,24H,8-9H2,(H,23,26). The van der Waals surface area contributed by atoms with Crippen LogP contribution in [-0.4, -0.2) is 36.9 Å². The molecule has 0 unspecified atom stereocenters. The average molecular weight is 485 g/mol. The van der Waals surface area contributed by atoms with Crippen LogP contribution in [0, 0.1) is 0 Å². The number of hydrogen-bond donors (Lipinski definition) is 2. The zero-order valence-corrected chi connectivity index (χ0v) is 18.5.